The first-order chi connectivity index (χ1) is 11.6. The second kappa shape index (κ2) is 7.09. The lowest BCUT2D eigenvalue weighted by Gasteiger charge is -2.36. The van der Waals surface area contributed by atoms with Gasteiger partial charge in [-0.3, -0.25) is 14.7 Å². The normalized spacial score (nSPS) is 17.6. The molecule has 5 heteroatoms. The van der Waals surface area contributed by atoms with E-state index in [-0.39, 0.29) is 17.8 Å². The molecule has 1 saturated heterocycles. The Morgan fingerprint density at radius 2 is 1.96 bits per heavy atom. The van der Waals surface area contributed by atoms with E-state index in [2.05, 4.69) is 9.88 Å². The number of pyridine rings is 1. The molecular weight excluding hydrogens is 307 g/mol. The van der Waals surface area contributed by atoms with E-state index >= 15 is 0 Å². The maximum absolute atomic E-state index is 14.4. The Kier molecular flexibility index (Phi) is 4.90. The first-order valence-electron chi connectivity index (χ1n) is 8.20. The summed E-state index contributed by atoms with van der Waals surface area (Å²) in [5.74, 6) is -1.32. The van der Waals surface area contributed by atoms with Crippen molar-refractivity contribution in [1.29, 1.82) is 0 Å². The van der Waals surface area contributed by atoms with Crippen molar-refractivity contribution in [2.24, 2.45) is 5.92 Å². The number of aliphatic carboxylic acids is 1. The number of aryl methyl sites for hydroxylation is 1. The van der Waals surface area contributed by atoms with Crippen molar-refractivity contribution < 1.29 is 14.3 Å². The fourth-order valence-corrected chi connectivity index (χ4v) is 3.29. The molecule has 0 spiro atoms. The van der Waals surface area contributed by atoms with Crippen LogP contribution in [0.4, 0.5) is 4.39 Å². The largest absolute Gasteiger partial charge is 0.481 e. The van der Waals surface area contributed by atoms with E-state index in [0.717, 1.165) is 11.3 Å². The number of benzene rings is 1. The molecule has 4 nitrogen and oxygen atoms in total. The van der Waals surface area contributed by atoms with Gasteiger partial charge in [0.1, 0.15) is 5.82 Å². The van der Waals surface area contributed by atoms with Crippen LogP contribution in [0, 0.1) is 18.7 Å². The topological polar surface area (TPSA) is 53.4 Å². The molecule has 24 heavy (non-hydrogen) atoms. The van der Waals surface area contributed by atoms with E-state index in [9.17, 15) is 14.3 Å². The molecule has 1 atom stereocenters. The average molecular weight is 328 g/mol. The summed E-state index contributed by atoms with van der Waals surface area (Å²) in [4.78, 5) is 17.8. The summed E-state index contributed by atoms with van der Waals surface area (Å²) in [5, 5.41) is 9.18. The van der Waals surface area contributed by atoms with Crippen molar-refractivity contribution in [2.45, 2.75) is 25.8 Å². The third-order valence-electron chi connectivity index (χ3n) is 4.66. The second-order valence-electron chi connectivity index (χ2n) is 6.33. The van der Waals surface area contributed by atoms with Crippen LogP contribution in [0.15, 0.2) is 42.6 Å². The molecule has 1 fully saturated rings. The summed E-state index contributed by atoms with van der Waals surface area (Å²) < 4.78 is 14.4. The fourth-order valence-electron chi connectivity index (χ4n) is 3.29. The van der Waals surface area contributed by atoms with Gasteiger partial charge in [-0.2, -0.15) is 0 Å². The van der Waals surface area contributed by atoms with Crippen LogP contribution in [0.1, 0.15) is 35.7 Å². The van der Waals surface area contributed by atoms with Crippen molar-refractivity contribution in [3.05, 3.63) is 65.2 Å². The maximum atomic E-state index is 14.4. The van der Waals surface area contributed by atoms with Gasteiger partial charge in [0.25, 0.3) is 0 Å². The van der Waals surface area contributed by atoms with Gasteiger partial charge in [-0.15, -0.1) is 0 Å². The van der Waals surface area contributed by atoms with E-state index in [4.69, 9.17) is 0 Å². The van der Waals surface area contributed by atoms with Crippen LogP contribution in [0.5, 0.6) is 0 Å². The molecule has 1 aromatic heterocycles. The Morgan fingerprint density at radius 1 is 1.25 bits per heavy atom. The van der Waals surface area contributed by atoms with Crippen molar-refractivity contribution in [3.8, 4) is 0 Å². The van der Waals surface area contributed by atoms with Gasteiger partial charge >= 0.3 is 5.97 Å². The predicted octanol–water partition coefficient (Wildman–Crippen LogP) is 3.42. The number of rotatable bonds is 4. The average Bonchev–Trinajstić information content (AvgIpc) is 2.59. The van der Waals surface area contributed by atoms with Gasteiger partial charge in [0.05, 0.1) is 17.7 Å². The van der Waals surface area contributed by atoms with Gasteiger partial charge in [-0.25, -0.2) is 4.39 Å². The minimum atomic E-state index is -0.745. The predicted molar refractivity (Wildman–Crippen MR) is 89.1 cm³/mol. The fraction of sp³-hybridized carbons (Fsp3) is 0.368. The minimum absolute atomic E-state index is 0.259. The highest BCUT2D eigenvalue weighted by Gasteiger charge is 2.31. The lowest BCUT2D eigenvalue weighted by Crippen LogP contribution is -2.39. The van der Waals surface area contributed by atoms with Crippen LogP contribution in [0.3, 0.4) is 0 Å². The number of hydrogen-bond donors (Lipinski definition) is 1. The van der Waals surface area contributed by atoms with Crippen molar-refractivity contribution in [1.82, 2.24) is 9.88 Å². The number of piperidine rings is 1. The molecule has 0 amide bonds. The number of likely N-dealkylation sites (tertiary alicyclic amines) is 1. The highest BCUT2D eigenvalue weighted by atomic mass is 19.1. The summed E-state index contributed by atoms with van der Waals surface area (Å²) >= 11 is 0. The van der Waals surface area contributed by atoms with Gasteiger partial charge in [0, 0.05) is 11.8 Å². The molecule has 0 bridgehead atoms. The Hall–Kier alpha value is -2.27. The molecule has 2 aromatic rings. The van der Waals surface area contributed by atoms with Gasteiger partial charge in [0.15, 0.2) is 0 Å². The minimum Gasteiger partial charge on any atom is -0.481 e. The number of halogens is 1. The van der Waals surface area contributed by atoms with Crippen LogP contribution in [0.2, 0.25) is 0 Å². The molecule has 2 heterocycles. The van der Waals surface area contributed by atoms with Gasteiger partial charge in [-0.1, -0.05) is 24.3 Å². The SMILES string of the molecule is Cc1ccc(C(c2ccccc2F)N2CCC(C(=O)O)CC2)nc1. The third-order valence-corrected chi connectivity index (χ3v) is 4.66. The van der Waals surface area contributed by atoms with Crippen LogP contribution in [0.25, 0.3) is 0 Å². The molecule has 1 aromatic carbocycles. The van der Waals surface area contributed by atoms with Gasteiger partial charge < -0.3 is 5.11 Å². The quantitative estimate of drug-likeness (QED) is 0.934. The lowest BCUT2D eigenvalue weighted by atomic mass is 9.93. The number of carboxylic acids is 1. The zero-order valence-corrected chi connectivity index (χ0v) is 13.7. The molecule has 3 rings (SSSR count). The van der Waals surface area contributed by atoms with Crippen LogP contribution < -0.4 is 0 Å². The molecule has 0 saturated carbocycles. The Morgan fingerprint density at radius 3 is 2.54 bits per heavy atom. The summed E-state index contributed by atoms with van der Waals surface area (Å²) in [6.45, 7) is 3.20. The molecule has 126 valence electrons. The Bertz CT molecular complexity index is 710. The number of hydrogen-bond acceptors (Lipinski definition) is 3. The summed E-state index contributed by atoms with van der Waals surface area (Å²) in [7, 11) is 0. The molecule has 0 aliphatic carbocycles. The van der Waals surface area contributed by atoms with E-state index in [1.54, 1.807) is 18.3 Å². The van der Waals surface area contributed by atoms with Crippen LogP contribution in [-0.2, 0) is 4.79 Å². The summed E-state index contributed by atoms with van der Waals surface area (Å²) in [6.07, 6.45) is 2.94. The smallest absolute Gasteiger partial charge is 0.306 e. The zero-order valence-electron chi connectivity index (χ0n) is 13.7. The highest BCUT2D eigenvalue weighted by Crippen LogP contribution is 2.32. The highest BCUT2D eigenvalue weighted by molar-refractivity contribution is 5.70. The van der Waals surface area contributed by atoms with E-state index in [1.807, 2.05) is 25.1 Å². The maximum Gasteiger partial charge on any atom is 0.306 e. The molecule has 1 N–H and O–H groups in total. The summed E-state index contributed by atoms with van der Waals surface area (Å²) in [5.41, 5.74) is 2.43. The van der Waals surface area contributed by atoms with Crippen LogP contribution in [-0.4, -0.2) is 34.0 Å². The number of carboxylic acid groups (broad SMARTS) is 1. The van der Waals surface area contributed by atoms with Gasteiger partial charge in [0.2, 0.25) is 0 Å². The third kappa shape index (κ3) is 3.46. The lowest BCUT2D eigenvalue weighted by molar-refractivity contribution is -0.143. The first-order valence-corrected chi connectivity index (χ1v) is 8.20. The standard InChI is InChI=1S/C19H21FN2O2/c1-13-6-7-17(21-12-13)18(15-4-2-3-5-16(15)20)22-10-8-14(9-11-22)19(23)24/h2-7,12,14,18H,8-11H2,1H3,(H,23,24). The monoisotopic (exact) mass is 328 g/mol. The number of nitrogens with zero attached hydrogens (tertiary/aromatic N) is 2. The molecule has 1 unspecified atom stereocenters. The number of aromatic nitrogens is 1. The first kappa shape index (κ1) is 16.6. The van der Waals surface area contributed by atoms with Gasteiger partial charge in [-0.05, 0) is 50.6 Å². The van der Waals surface area contributed by atoms with Crippen molar-refractivity contribution in [3.63, 3.8) is 0 Å². The second-order valence-corrected chi connectivity index (χ2v) is 6.33. The summed E-state index contributed by atoms with van der Waals surface area (Å²) in [6, 6.07) is 10.3. The van der Waals surface area contributed by atoms with Crippen LogP contribution >= 0.6 is 0 Å². The van der Waals surface area contributed by atoms with E-state index < -0.39 is 5.97 Å². The van der Waals surface area contributed by atoms with E-state index in [0.29, 0.717) is 31.5 Å². The zero-order chi connectivity index (χ0) is 17.1. The molecule has 0 radical (unpaired) electrons. The Balaban J connectivity index is 1.93. The Labute approximate surface area is 141 Å². The van der Waals surface area contributed by atoms with Crippen molar-refractivity contribution >= 4 is 5.97 Å². The molecule has 1 aliphatic rings. The molecule has 1 aliphatic heterocycles. The van der Waals surface area contributed by atoms with E-state index in [1.165, 1.54) is 6.07 Å². The van der Waals surface area contributed by atoms with Crippen molar-refractivity contribution in [2.75, 3.05) is 13.1 Å². The molecular formula is C19H21FN2O2. The number of carbonyl (C=O) groups is 1.